The van der Waals surface area contributed by atoms with Crippen molar-refractivity contribution in [3.63, 3.8) is 0 Å². The number of amides is 1. The lowest BCUT2D eigenvalue weighted by molar-refractivity contribution is -0.148. The lowest BCUT2D eigenvalue weighted by Crippen LogP contribution is -2.51. The molecule has 1 heterocycles. The number of carboxylic acid groups (broad SMARTS) is 1. The Balaban J connectivity index is 1.72. The van der Waals surface area contributed by atoms with Crippen LogP contribution in [0, 0.1) is 5.41 Å². The molecule has 2 aromatic rings. The van der Waals surface area contributed by atoms with Crippen LogP contribution in [0.3, 0.4) is 0 Å². The molecule has 1 amide bonds. The predicted molar refractivity (Wildman–Crippen MR) is 122 cm³/mol. The molecule has 6 nitrogen and oxygen atoms in total. The van der Waals surface area contributed by atoms with E-state index in [1.807, 2.05) is 54.6 Å². The molecule has 2 aromatic carbocycles. The lowest BCUT2D eigenvalue weighted by atomic mass is 9.93. The van der Waals surface area contributed by atoms with E-state index in [-0.39, 0.29) is 18.1 Å². The monoisotopic (exact) mass is 439 g/mol. The van der Waals surface area contributed by atoms with Gasteiger partial charge in [-0.1, -0.05) is 63.2 Å². The van der Waals surface area contributed by atoms with Crippen LogP contribution in [0.5, 0.6) is 5.75 Å². The normalized spacial score (nSPS) is 20.8. The van der Waals surface area contributed by atoms with E-state index in [1.165, 1.54) is 4.90 Å². The first kappa shape index (κ1) is 23.6. The molecule has 32 heavy (non-hydrogen) atoms. The second kappa shape index (κ2) is 9.63. The maximum absolute atomic E-state index is 13.0. The Morgan fingerprint density at radius 1 is 1.09 bits per heavy atom. The molecule has 6 heteroatoms. The summed E-state index contributed by atoms with van der Waals surface area (Å²) < 4.78 is 11.4. The summed E-state index contributed by atoms with van der Waals surface area (Å²) >= 11 is 0. The number of hydrogen-bond donors (Lipinski definition) is 1. The van der Waals surface area contributed by atoms with Gasteiger partial charge >= 0.3 is 12.1 Å². The van der Waals surface area contributed by atoms with Crippen molar-refractivity contribution in [2.45, 2.75) is 65.1 Å². The molecule has 0 radical (unpaired) electrons. The molecule has 0 saturated carbocycles. The zero-order valence-corrected chi connectivity index (χ0v) is 19.3. The maximum Gasteiger partial charge on any atom is 0.411 e. The number of carbonyl (C=O) groups is 2. The van der Waals surface area contributed by atoms with Crippen molar-refractivity contribution in [2.75, 3.05) is 6.61 Å². The van der Waals surface area contributed by atoms with Crippen LogP contribution in [0.4, 0.5) is 4.79 Å². The number of ether oxygens (including phenoxy) is 2. The molecule has 0 bridgehead atoms. The molecule has 1 fully saturated rings. The Kier molecular flexibility index (Phi) is 7.12. The van der Waals surface area contributed by atoms with E-state index in [2.05, 4.69) is 20.8 Å². The highest BCUT2D eigenvalue weighted by atomic mass is 16.6. The van der Waals surface area contributed by atoms with Gasteiger partial charge in [-0.05, 0) is 54.9 Å². The molecule has 172 valence electrons. The van der Waals surface area contributed by atoms with Gasteiger partial charge in [-0.15, -0.1) is 0 Å². The highest BCUT2D eigenvalue weighted by Crippen LogP contribution is 2.43. The molecule has 1 aliphatic rings. The summed E-state index contributed by atoms with van der Waals surface area (Å²) in [6, 6.07) is 17.1. The summed E-state index contributed by atoms with van der Waals surface area (Å²) in [4.78, 5) is 26.4. The fourth-order valence-electron chi connectivity index (χ4n) is 3.91. The summed E-state index contributed by atoms with van der Waals surface area (Å²) in [6.07, 6.45) is 1.05. The highest BCUT2D eigenvalue weighted by Gasteiger charge is 2.52. The first-order valence-electron chi connectivity index (χ1n) is 11.1. The molecular formula is C26H33NO5. The summed E-state index contributed by atoms with van der Waals surface area (Å²) in [6.45, 7) is 8.53. The Labute approximate surface area is 190 Å². The maximum atomic E-state index is 13.0. The topological polar surface area (TPSA) is 76.1 Å². The van der Waals surface area contributed by atoms with Crippen molar-refractivity contribution in [3.05, 3.63) is 65.7 Å². The van der Waals surface area contributed by atoms with Gasteiger partial charge in [0.15, 0.2) is 0 Å². The Hall–Kier alpha value is -3.02. The van der Waals surface area contributed by atoms with Crippen LogP contribution in [0.15, 0.2) is 54.6 Å². The third-order valence-corrected chi connectivity index (χ3v) is 6.00. The van der Waals surface area contributed by atoms with Gasteiger partial charge < -0.3 is 14.6 Å². The number of nitrogens with zero attached hydrogens (tertiary/aromatic N) is 1. The highest BCUT2D eigenvalue weighted by molar-refractivity contribution is 5.85. The number of rotatable bonds is 7. The minimum atomic E-state index is -1.30. The fraction of sp³-hybridized carbons (Fsp3) is 0.462. The minimum Gasteiger partial charge on any atom is -0.489 e. The van der Waals surface area contributed by atoms with E-state index in [0.717, 1.165) is 16.9 Å². The van der Waals surface area contributed by atoms with E-state index < -0.39 is 17.6 Å². The smallest absolute Gasteiger partial charge is 0.411 e. The van der Waals surface area contributed by atoms with Crippen molar-refractivity contribution in [2.24, 2.45) is 5.41 Å². The van der Waals surface area contributed by atoms with Crippen LogP contribution in [-0.4, -0.2) is 34.2 Å². The third-order valence-electron chi connectivity index (χ3n) is 6.00. The number of aliphatic carboxylic acids is 1. The molecule has 1 N–H and O–H groups in total. The molecule has 1 saturated heterocycles. The number of likely N-dealkylation sites (tertiary alicyclic amines) is 1. The van der Waals surface area contributed by atoms with Crippen LogP contribution >= 0.6 is 0 Å². The van der Waals surface area contributed by atoms with Crippen molar-refractivity contribution in [1.82, 2.24) is 4.90 Å². The Morgan fingerprint density at radius 3 is 2.34 bits per heavy atom. The van der Waals surface area contributed by atoms with E-state index in [1.54, 1.807) is 6.92 Å². The molecular weight excluding hydrogens is 406 g/mol. The standard InChI is InChI=1S/C26H33NO5/c1-25(2,3)16-17-31-24(30)27-22(14-15-26(27,4)23(28)29)20-10-12-21(13-11-20)32-18-19-8-6-5-7-9-19/h5-13,22H,14-18H2,1-4H3,(H,28,29)/t22-,26+/m0/s1. The molecule has 1 aliphatic heterocycles. The van der Waals surface area contributed by atoms with E-state index >= 15 is 0 Å². The minimum absolute atomic E-state index is 0.0242. The Morgan fingerprint density at radius 2 is 1.75 bits per heavy atom. The molecule has 3 rings (SSSR count). The van der Waals surface area contributed by atoms with Crippen LogP contribution in [-0.2, 0) is 16.1 Å². The molecule has 0 aliphatic carbocycles. The predicted octanol–water partition coefficient (Wildman–Crippen LogP) is 5.82. The van der Waals surface area contributed by atoms with E-state index in [4.69, 9.17) is 9.47 Å². The average molecular weight is 440 g/mol. The van der Waals surface area contributed by atoms with Gasteiger partial charge in [-0.25, -0.2) is 9.59 Å². The van der Waals surface area contributed by atoms with Crippen LogP contribution in [0.25, 0.3) is 0 Å². The zero-order valence-electron chi connectivity index (χ0n) is 19.3. The van der Waals surface area contributed by atoms with Gasteiger partial charge in [0.2, 0.25) is 0 Å². The van der Waals surface area contributed by atoms with Gasteiger partial charge in [-0.3, -0.25) is 4.90 Å². The number of benzene rings is 2. The summed E-state index contributed by atoms with van der Waals surface area (Å²) in [5, 5.41) is 9.86. The summed E-state index contributed by atoms with van der Waals surface area (Å²) in [5.74, 6) is -0.300. The first-order valence-corrected chi connectivity index (χ1v) is 11.1. The van der Waals surface area contributed by atoms with Crippen molar-refractivity contribution in [1.29, 1.82) is 0 Å². The number of hydrogen-bond acceptors (Lipinski definition) is 4. The van der Waals surface area contributed by atoms with Crippen molar-refractivity contribution < 1.29 is 24.2 Å². The SMILES string of the molecule is CC(C)(C)CCOC(=O)N1[C@H](c2ccc(OCc3ccccc3)cc2)CC[C@]1(C)C(=O)O. The summed E-state index contributed by atoms with van der Waals surface area (Å²) in [5.41, 5.74) is 0.672. The quantitative estimate of drug-likeness (QED) is 0.588. The third kappa shape index (κ3) is 5.61. The number of carboxylic acids is 1. The van der Waals surface area contributed by atoms with Crippen molar-refractivity contribution >= 4 is 12.1 Å². The first-order chi connectivity index (χ1) is 15.1. The number of carbonyl (C=O) groups excluding carboxylic acids is 1. The molecule has 0 spiro atoms. The van der Waals surface area contributed by atoms with Gasteiger partial charge in [-0.2, -0.15) is 0 Å². The molecule has 0 aromatic heterocycles. The lowest BCUT2D eigenvalue weighted by Gasteiger charge is -2.35. The largest absolute Gasteiger partial charge is 0.489 e. The van der Waals surface area contributed by atoms with Gasteiger partial charge in [0.05, 0.1) is 12.6 Å². The second-order valence-corrected chi connectivity index (χ2v) is 9.77. The van der Waals surface area contributed by atoms with Crippen LogP contribution < -0.4 is 4.74 Å². The average Bonchev–Trinajstić information content (AvgIpc) is 3.11. The molecule has 2 atom stereocenters. The van der Waals surface area contributed by atoms with E-state index in [0.29, 0.717) is 25.9 Å². The molecule has 0 unspecified atom stereocenters. The fourth-order valence-corrected chi connectivity index (χ4v) is 3.91. The Bertz CT molecular complexity index is 919. The van der Waals surface area contributed by atoms with Gasteiger partial charge in [0.1, 0.15) is 17.9 Å². The van der Waals surface area contributed by atoms with Crippen LogP contribution in [0.2, 0.25) is 0 Å². The second-order valence-electron chi connectivity index (χ2n) is 9.77. The van der Waals surface area contributed by atoms with Gasteiger partial charge in [0.25, 0.3) is 0 Å². The van der Waals surface area contributed by atoms with Gasteiger partial charge in [0, 0.05) is 0 Å². The van der Waals surface area contributed by atoms with Crippen LogP contribution in [0.1, 0.15) is 64.1 Å². The van der Waals surface area contributed by atoms with E-state index in [9.17, 15) is 14.7 Å². The summed E-state index contributed by atoms with van der Waals surface area (Å²) in [7, 11) is 0. The zero-order chi connectivity index (χ0) is 23.4. The van der Waals surface area contributed by atoms with Crippen molar-refractivity contribution in [3.8, 4) is 5.75 Å².